The lowest BCUT2D eigenvalue weighted by Gasteiger charge is -2.28. The molecule has 0 spiro atoms. The summed E-state index contributed by atoms with van der Waals surface area (Å²) in [4.78, 5) is 26.1. The third-order valence-electron chi connectivity index (χ3n) is 8.23. The lowest BCUT2D eigenvalue weighted by molar-refractivity contribution is -0.870. The molecule has 0 aliphatic heterocycles. The lowest BCUT2D eigenvalue weighted by Crippen LogP contribution is -2.37. The maximum atomic E-state index is 13.1. The van der Waals surface area contributed by atoms with Gasteiger partial charge in [0.15, 0.2) is 0 Å². The third-order valence-corrected chi connectivity index (χ3v) is 9.03. The van der Waals surface area contributed by atoms with E-state index < -0.39 is 5.92 Å². The summed E-state index contributed by atoms with van der Waals surface area (Å²) < 4.78 is 6.49. The first kappa shape index (κ1) is 41.4. The molecule has 1 atom stereocenters. The number of hydrogen-bond donors (Lipinski definition) is 0. The number of nitrogens with zero attached hydrogens (tertiary/aromatic N) is 1. The fraction of sp³-hybridized carbons (Fsp3) is 0.892. The summed E-state index contributed by atoms with van der Waals surface area (Å²) in [6.45, 7) is 5.93. The molecule has 0 bridgehead atoms. The molecule has 5 heteroatoms. The monoisotopic (exact) mass is 610 g/mol. The quantitative estimate of drug-likeness (QED) is 0.0244. The Kier molecular flexibility index (Phi) is 30.0. The zero-order chi connectivity index (χ0) is 31.2. The predicted molar refractivity (Wildman–Crippen MR) is 185 cm³/mol. The molecule has 0 aromatic heterocycles. The number of Topliss-reactive ketones (excluding diaryl/α,β-unsaturated/α-hetero) is 1. The van der Waals surface area contributed by atoms with Crippen LogP contribution in [0.15, 0.2) is 12.2 Å². The molecular formula is C37H72NO3P. The Labute approximate surface area is 265 Å². The maximum Gasteiger partial charge on any atom is 0.140 e. The van der Waals surface area contributed by atoms with E-state index in [1.165, 1.54) is 116 Å². The maximum absolute atomic E-state index is 13.1. The van der Waals surface area contributed by atoms with Crippen molar-refractivity contribution in [3.05, 3.63) is 12.2 Å². The van der Waals surface area contributed by atoms with Crippen molar-refractivity contribution in [2.75, 3.05) is 34.3 Å². The standard InChI is InChI=1S/C37H72NO3P/c1-6-8-10-12-14-16-18-19-20-22-23-25-27-29-31-35(37(40)42-41-34-33-38(3,4)5)36(39)32-30-28-26-24-21-17-15-13-11-9-7-2/h19-20,35H,6-18,21-34H2,1-5H3. The Morgan fingerprint density at radius 3 is 1.52 bits per heavy atom. The van der Waals surface area contributed by atoms with Crippen molar-refractivity contribution in [3.8, 4) is 0 Å². The van der Waals surface area contributed by atoms with Crippen LogP contribution in [0.4, 0.5) is 0 Å². The number of likely N-dealkylation sites (N-methyl/N-ethyl adjacent to an activating group) is 1. The van der Waals surface area contributed by atoms with Crippen molar-refractivity contribution >= 4 is 20.1 Å². The van der Waals surface area contributed by atoms with Crippen molar-refractivity contribution in [2.24, 2.45) is 5.92 Å². The van der Waals surface area contributed by atoms with E-state index in [-0.39, 0.29) is 11.3 Å². The number of hydrogen-bond acceptors (Lipinski definition) is 3. The van der Waals surface area contributed by atoms with Crippen molar-refractivity contribution in [1.29, 1.82) is 0 Å². The SMILES string of the molecule is CCCCCCCCC=CCCCCCCC(C(=O)CCCCCCCCCCCCC)C(=O)[P-]OCC[N+](C)(C)C. The van der Waals surface area contributed by atoms with Crippen LogP contribution in [0.3, 0.4) is 0 Å². The molecule has 0 saturated heterocycles. The highest BCUT2D eigenvalue weighted by Crippen LogP contribution is 2.26. The summed E-state index contributed by atoms with van der Waals surface area (Å²) in [6, 6.07) is 0. The summed E-state index contributed by atoms with van der Waals surface area (Å²) in [5.74, 6) is -0.326. The minimum Gasteiger partial charge on any atom is -0.546 e. The molecule has 0 aliphatic carbocycles. The fourth-order valence-corrected chi connectivity index (χ4v) is 5.99. The highest BCUT2D eigenvalue weighted by Gasteiger charge is 2.20. The van der Waals surface area contributed by atoms with Crippen LogP contribution >= 0.6 is 8.81 Å². The normalized spacial score (nSPS) is 13.1. The van der Waals surface area contributed by atoms with Crippen molar-refractivity contribution in [2.45, 2.75) is 174 Å². The molecule has 0 radical (unpaired) electrons. The van der Waals surface area contributed by atoms with Crippen molar-refractivity contribution < 1.29 is 18.6 Å². The van der Waals surface area contributed by atoms with Crippen LogP contribution in [-0.2, 0) is 14.1 Å². The van der Waals surface area contributed by atoms with Crippen LogP contribution in [0.5, 0.6) is 0 Å². The van der Waals surface area contributed by atoms with E-state index >= 15 is 0 Å². The number of rotatable bonds is 33. The van der Waals surface area contributed by atoms with Gasteiger partial charge in [-0.1, -0.05) is 142 Å². The van der Waals surface area contributed by atoms with Gasteiger partial charge in [0, 0.05) is 17.9 Å². The topological polar surface area (TPSA) is 43.4 Å². The van der Waals surface area contributed by atoms with Crippen LogP contribution in [0.2, 0.25) is 0 Å². The molecule has 42 heavy (non-hydrogen) atoms. The van der Waals surface area contributed by atoms with Gasteiger partial charge in [0.25, 0.3) is 0 Å². The van der Waals surface area contributed by atoms with Crippen LogP contribution in [0.1, 0.15) is 174 Å². The zero-order valence-corrected chi connectivity index (χ0v) is 29.8. The smallest absolute Gasteiger partial charge is 0.140 e. The Morgan fingerprint density at radius 1 is 0.619 bits per heavy atom. The van der Waals surface area contributed by atoms with E-state index in [1.54, 1.807) is 0 Å². The molecule has 248 valence electrons. The first-order chi connectivity index (χ1) is 20.3. The van der Waals surface area contributed by atoms with Crippen LogP contribution in [0, 0.1) is 5.92 Å². The second-order valence-electron chi connectivity index (χ2n) is 13.6. The highest BCUT2D eigenvalue weighted by atomic mass is 31.1. The molecule has 0 aromatic rings. The van der Waals surface area contributed by atoms with Crippen molar-refractivity contribution in [1.82, 2.24) is 0 Å². The average Bonchev–Trinajstić information content (AvgIpc) is 2.95. The van der Waals surface area contributed by atoms with E-state index in [9.17, 15) is 9.59 Å². The average molecular weight is 610 g/mol. The van der Waals surface area contributed by atoms with Crippen molar-refractivity contribution in [3.63, 3.8) is 0 Å². The summed E-state index contributed by atoms with van der Waals surface area (Å²) in [7, 11) is 6.72. The van der Waals surface area contributed by atoms with E-state index in [4.69, 9.17) is 4.52 Å². The number of unbranched alkanes of at least 4 members (excludes halogenated alkanes) is 20. The number of carbonyl (C=O) groups excluding carboxylic acids is 2. The Hall–Kier alpha value is -0.570. The first-order valence-electron chi connectivity index (χ1n) is 18.2. The van der Waals surface area contributed by atoms with Gasteiger partial charge in [-0.25, -0.2) is 0 Å². The van der Waals surface area contributed by atoms with Crippen LogP contribution in [0.25, 0.3) is 0 Å². The zero-order valence-electron chi connectivity index (χ0n) is 28.9. The Morgan fingerprint density at radius 2 is 1.05 bits per heavy atom. The highest BCUT2D eigenvalue weighted by molar-refractivity contribution is 7.53. The fourth-order valence-electron chi connectivity index (χ4n) is 5.29. The third kappa shape index (κ3) is 29.5. The first-order valence-corrected chi connectivity index (χ1v) is 19.0. The van der Waals surface area contributed by atoms with Gasteiger partial charge in [-0.05, 0) is 38.5 Å². The summed E-state index contributed by atoms with van der Waals surface area (Å²) in [6.07, 6.45) is 34.9. The van der Waals surface area contributed by atoms with Gasteiger partial charge < -0.3 is 22.6 Å². The molecule has 0 N–H and O–H groups in total. The minimum atomic E-state index is -0.476. The molecule has 0 fully saturated rings. The van der Waals surface area contributed by atoms with E-state index in [0.717, 1.165) is 43.1 Å². The van der Waals surface area contributed by atoms with Gasteiger partial charge in [-0.2, -0.15) is 0 Å². The molecule has 0 rings (SSSR count). The number of carbonyl (C=O) groups is 2. The molecule has 0 saturated carbocycles. The largest absolute Gasteiger partial charge is 0.546 e. The molecule has 0 heterocycles. The number of ketones is 1. The van der Waals surface area contributed by atoms with E-state index in [0.29, 0.717) is 28.3 Å². The molecular weight excluding hydrogens is 537 g/mol. The van der Waals surface area contributed by atoms with E-state index in [1.807, 2.05) is 0 Å². The summed E-state index contributed by atoms with van der Waals surface area (Å²) >= 11 is 0. The van der Waals surface area contributed by atoms with Crippen LogP contribution in [-0.4, -0.2) is 50.1 Å². The van der Waals surface area contributed by atoms with Gasteiger partial charge in [-0.3, -0.25) is 4.79 Å². The van der Waals surface area contributed by atoms with Gasteiger partial charge in [0.2, 0.25) is 0 Å². The molecule has 1 unspecified atom stereocenters. The van der Waals surface area contributed by atoms with Gasteiger partial charge in [-0.15, -0.1) is 0 Å². The Bertz CT molecular complexity index is 643. The molecule has 0 aromatic carbocycles. The second kappa shape index (κ2) is 30.5. The summed E-state index contributed by atoms with van der Waals surface area (Å²) in [5.41, 5.74) is -0.0258. The van der Waals surface area contributed by atoms with Gasteiger partial charge in [0.05, 0.1) is 34.3 Å². The Balaban J connectivity index is 4.24. The predicted octanol–water partition coefficient (Wildman–Crippen LogP) is 11.6. The van der Waals surface area contributed by atoms with E-state index in [2.05, 4.69) is 47.1 Å². The lowest BCUT2D eigenvalue weighted by atomic mass is 9.94. The summed E-state index contributed by atoms with van der Waals surface area (Å²) in [5, 5.41) is 0. The molecule has 4 nitrogen and oxygen atoms in total. The molecule has 0 aliphatic rings. The number of allylic oxidation sites excluding steroid dienone is 2. The number of quaternary nitrogens is 1. The van der Waals surface area contributed by atoms with Gasteiger partial charge in [0.1, 0.15) is 5.78 Å². The second-order valence-corrected chi connectivity index (χ2v) is 14.5. The van der Waals surface area contributed by atoms with Crippen LogP contribution < -0.4 is 0 Å². The molecule has 0 amide bonds. The minimum absolute atomic E-state index is 0.0258. The van der Waals surface area contributed by atoms with Gasteiger partial charge >= 0.3 is 0 Å².